The van der Waals surface area contributed by atoms with Gasteiger partial charge in [0.1, 0.15) is 0 Å². The van der Waals surface area contributed by atoms with Gasteiger partial charge in [-0.05, 0) is 26.2 Å². The molecule has 0 aliphatic rings. The molecule has 0 saturated carbocycles. The van der Waals surface area contributed by atoms with Crippen LogP contribution in [0.25, 0.3) is 0 Å². The lowest BCUT2D eigenvalue weighted by molar-refractivity contribution is 0.568. The van der Waals surface area contributed by atoms with Crippen LogP contribution in [0.2, 0.25) is 0 Å². The standard InChI is InChI=1S/C10H12NO2P/c1-11(2)14(9-3-5-12-7-9)10-4-6-13-8-10/h3-8H,1-2H3. The van der Waals surface area contributed by atoms with Crippen molar-refractivity contribution in [2.24, 2.45) is 0 Å². The van der Waals surface area contributed by atoms with Crippen molar-refractivity contribution >= 4 is 18.7 Å². The molecule has 0 aliphatic heterocycles. The molecule has 0 fully saturated rings. The molecular weight excluding hydrogens is 197 g/mol. The molecule has 14 heavy (non-hydrogen) atoms. The van der Waals surface area contributed by atoms with Crippen molar-refractivity contribution in [3.8, 4) is 0 Å². The lowest BCUT2D eigenvalue weighted by atomic mass is 10.7. The molecule has 2 heterocycles. The summed E-state index contributed by atoms with van der Waals surface area (Å²) in [5, 5.41) is 2.40. The zero-order chi connectivity index (χ0) is 9.97. The predicted molar refractivity (Wildman–Crippen MR) is 57.3 cm³/mol. The second kappa shape index (κ2) is 3.99. The largest absolute Gasteiger partial charge is 0.472 e. The van der Waals surface area contributed by atoms with Gasteiger partial charge in [0, 0.05) is 18.7 Å². The topological polar surface area (TPSA) is 29.5 Å². The van der Waals surface area contributed by atoms with Crippen molar-refractivity contribution in [1.82, 2.24) is 4.67 Å². The van der Waals surface area contributed by atoms with Gasteiger partial charge in [0.25, 0.3) is 0 Å². The van der Waals surface area contributed by atoms with Crippen LogP contribution in [-0.2, 0) is 0 Å². The highest BCUT2D eigenvalue weighted by Gasteiger charge is 2.18. The van der Waals surface area contributed by atoms with E-state index in [1.807, 2.05) is 12.1 Å². The van der Waals surface area contributed by atoms with Crippen LogP contribution in [0.4, 0.5) is 0 Å². The summed E-state index contributed by atoms with van der Waals surface area (Å²) in [5.41, 5.74) is 0. The molecule has 3 nitrogen and oxygen atoms in total. The molecule has 0 radical (unpaired) electrons. The Morgan fingerprint density at radius 2 is 1.50 bits per heavy atom. The first kappa shape index (κ1) is 9.50. The van der Waals surface area contributed by atoms with E-state index in [9.17, 15) is 0 Å². The molecule has 0 aromatic carbocycles. The monoisotopic (exact) mass is 209 g/mol. The summed E-state index contributed by atoms with van der Waals surface area (Å²) in [4.78, 5) is 0. The molecule has 0 saturated heterocycles. The Morgan fingerprint density at radius 3 is 1.79 bits per heavy atom. The summed E-state index contributed by atoms with van der Waals surface area (Å²) < 4.78 is 12.4. The number of hydrogen-bond donors (Lipinski definition) is 0. The summed E-state index contributed by atoms with van der Waals surface area (Å²) in [6, 6.07) is 4.00. The molecule has 74 valence electrons. The maximum atomic E-state index is 5.10. The first-order valence-corrected chi connectivity index (χ1v) is 5.60. The van der Waals surface area contributed by atoms with Gasteiger partial charge in [0.05, 0.1) is 25.1 Å². The zero-order valence-electron chi connectivity index (χ0n) is 8.18. The fraction of sp³-hybridized carbons (Fsp3) is 0.200. The van der Waals surface area contributed by atoms with Gasteiger partial charge in [-0.2, -0.15) is 0 Å². The average Bonchev–Trinajstić information content (AvgIpc) is 2.75. The Morgan fingerprint density at radius 1 is 1.00 bits per heavy atom. The van der Waals surface area contributed by atoms with Crippen LogP contribution in [0.1, 0.15) is 0 Å². The van der Waals surface area contributed by atoms with Gasteiger partial charge in [0.15, 0.2) is 0 Å². The highest BCUT2D eigenvalue weighted by Crippen LogP contribution is 2.35. The SMILES string of the molecule is CN(C)P(c1ccoc1)c1ccoc1. The fourth-order valence-electron chi connectivity index (χ4n) is 1.37. The molecule has 0 N–H and O–H groups in total. The second-order valence-electron chi connectivity index (χ2n) is 3.12. The summed E-state index contributed by atoms with van der Waals surface area (Å²) in [6.07, 6.45) is 6.99. The second-order valence-corrected chi connectivity index (χ2v) is 5.58. The maximum absolute atomic E-state index is 5.10. The van der Waals surface area contributed by atoms with E-state index in [1.54, 1.807) is 25.1 Å². The van der Waals surface area contributed by atoms with E-state index in [1.165, 1.54) is 10.6 Å². The summed E-state index contributed by atoms with van der Waals surface area (Å²) in [7, 11) is 3.63. The van der Waals surface area contributed by atoms with Crippen molar-refractivity contribution in [2.75, 3.05) is 14.1 Å². The summed E-state index contributed by atoms with van der Waals surface area (Å²) in [6.45, 7) is 0. The Hall–Kier alpha value is -1.05. The molecule has 0 aliphatic carbocycles. The molecule has 2 aromatic rings. The number of hydrogen-bond acceptors (Lipinski definition) is 3. The van der Waals surface area contributed by atoms with E-state index in [4.69, 9.17) is 8.83 Å². The Kier molecular flexibility index (Phi) is 2.71. The molecule has 2 aromatic heterocycles. The third-order valence-electron chi connectivity index (χ3n) is 1.90. The Bertz CT molecular complexity index is 332. The first-order chi connectivity index (χ1) is 6.79. The molecule has 0 unspecified atom stereocenters. The highest BCUT2D eigenvalue weighted by molar-refractivity contribution is 7.70. The number of nitrogens with zero attached hydrogens (tertiary/aromatic N) is 1. The van der Waals surface area contributed by atoms with Crippen LogP contribution in [0.3, 0.4) is 0 Å². The fourth-order valence-corrected chi connectivity index (χ4v) is 3.31. The summed E-state index contributed by atoms with van der Waals surface area (Å²) in [5.74, 6) is 0. The number of rotatable bonds is 3. The number of furan rings is 2. The molecule has 2 rings (SSSR count). The van der Waals surface area contributed by atoms with Gasteiger partial charge >= 0.3 is 0 Å². The van der Waals surface area contributed by atoms with E-state index < -0.39 is 8.07 Å². The normalized spacial score (nSPS) is 11.4. The van der Waals surface area contributed by atoms with Crippen LogP contribution in [-0.4, -0.2) is 18.8 Å². The molecular formula is C10H12NO2P. The predicted octanol–water partition coefficient (Wildman–Crippen LogP) is 1.78. The Balaban J connectivity index is 2.35. The molecule has 4 heteroatoms. The van der Waals surface area contributed by atoms with Crippen LogP contribution >= 0.6 is 8.07 Å². The van der Waals surface area contributed by atoms with Crippen LogP contribution < -0.4 is 10.6 Å². The lowest BCUT2D eigenvalue weighted by Crippen LogP contribution is -2.20. The third-order valence-corrected chi connectivity index (χ3v) is 4.19. The molecule has 0 spiro atoms. The minimum absolute atomic E-state index is 0.490. The summed E-state index contributed by atoms with van der Waals surface area (Å²) >= 11 is 0. The smallest absolute Gasteiger partial charge is 0.0995 e. The van der Waals surface area contributed by atoms with Crippen molar-refractivity contribution in [1.29, 1.82) is 0 Å². The Labute approximate surface area is 84.1 Å². The molecule has 0 amide bonds. The minimum atomic E-state index is -0.490. The van der Waals surface area contributed by atoms with Gasteiger partial charge < -0.3 is 8.83 Å². The van der Waals surface area contributed by atoms with E-state index in [-0.39, 0.29) is 0 Å². The van der Waals surface area contributed by atoms with E-state index >= 15 is 0 Å². The zero-order valence-corrected chi connectivity index (χ0v) is 9.07. The van der Waals surface area contributed by atoms with Crippen LogP contribution in [0.5, 0.6) is 0 Å². The first-order valence-electron chi connectivity index (χ1n) is 4.31. The molecule has 0 bridgehead atoms. The van der Waals surface area contributed by atoms with Crippen molar-refractivity contribution in [3.63, 3.8) is 0 Å². The van der Waals surface area contributed by atoms with Gasteiger partial charge in [-0.1, -0.05) is 0 Å². The van der Waals surface area contributed by atoms with E-state index in [0.29, 0.717) is 0 Å². The van der Waals surface area contributed by atoms with E-state index in [0.717, 1.165) is 0 Å². The van der Waals surface area contributed by atoms with Gasteiger partial charge in [-0.25, -0.2) is 0 Å². The van der Waals surface area contributed by atoms with Gasteiger partial charge in [-0.3, -0.25) is 4.67 Å². The van der Waals surface area contributed by atoms with Crippen molar-refractivity contribution < 1.29 is 8.83 Å². The average molecular weight is 209 g/mol. The minimum Gasteiger partial charge on any atom is -0.472 e. The van der Waals surface area contributed by atoms with Gasteiger partial charge in [-0.15, -0.1) is 0 Å². The highest BCUT2D eigenvalue weighted by atomic mass is 31.1. The maximum Gasteiger partial charge on any atom is 0.0995 e. The van der Waals surface area contributed by atoms with Gasteiger partial charge in [0.2, 0.25) is 0 Å². The van der Waals surface area contributed by atoms with Crippen molar-refractivity contribution in [3.05, 3.63) is 37.2 Å². The quantitative estimate of drug-likeness (QED) is 0.721. The lowest BCUT2D eigenvalue weighted by Gasteiger charge is -2.21. The van der Waals surface area contributed by atoms with Crippen molar-refractivity contribution in [2.45, 2.75) is 0 Å². The van der Waals surface area contributed by atoms with E-state index in [2.05, 4.69) is 18.8 Å². The van der Waals surface area contributed by atoms with Crippen LogP contribution in [0, 0.1) is 0 Å². The third kappa shape index (κ3) is 1.74. The van der Waals surface area contributed by atoms with Crippen LogP contribution in [0.15, 0.2) is 46.0 Å². The molecule has 0 atom stereocenters.